The van der Waals surface area contributed by atoms with Crippen LogP contribution in [0.25, 0.3) is 22.6 Å². The van der Waals surface area contributed by atoms with E-state index in [1.807, 2.05) is 6.20 Å². The molecule has 0 spiro atoms. The second-order valence-electron chi connectivity index (χ2n) is 9.92. The van der Waals surface area contributed by atoms with E-state index in [0.717, 1.165) is 85.3 Å². The first-order chi connectivity index (χ1) is 16.5. The zero-order valence-electron chi connectivity index (χ0n) is 19.6. The molecule has 176 valence electrons. The fraction of sp³-hybridized carbons (Fsp3) is 0.458. The van der Waals surface area contributed by atoms with E-state index in [4.69, 9.17) is 15.7 Å². The standard InChI is InChI=1S/C24H30N10/c1-15-5-8-34(18-4-3-16(11-17(15)18)21-27-14-28-30-21)23-20-22(31-32-23)29-19(12-26-20)33-9-6-24(2,13-25)7-10-33/h3-4,11-12,14-15H,5-10,13,25H2,1-2H3,(H,27,28,30)(H,29,31,32). The first kappa shape index (κ1) is 21.0. The topological polar surface area (TPSA) is 129 Å². The fourth-order valence-corrected chi connectivity index (χ4v) is 5.11. The van der Waals surface area contributed by atoms with E-state index in [1.54, 1.807) is 0 Å². The molecule has 0 bridgehead atoms. The molecule has 2 aliphatic heterocycles. The van der Waals surface area contributed by atoms with Crippen LogP contribution in [-0.2, 0) is 0 Å². The minimum atomic E-state index is 0.224. The normalized spacial score (nSPS) is 20.0. The lowest BCUT2D eigenvalue weighted by molar-refractivity contribution is 0.258. The van der Waals surface area contributed by atoms with Gasteiger partial charge in [-0.1, -0.05) is 13.8 Å². The highest BCUT2D eigenvalue weighted by Crippen LogP contribution is 2.41. The third kappa shape index (κ3) is 3.49. The van der Waals surface area contributed by atoms with Crippen LogP contribution >= 0.6 is 0 Å². The Morgan fingerprint density at radius 1 is 1.15 bits per heavy atom. The summed E-state index contributed by atoms with van der Waals surface area (Å²) in [7, 11) is 0. The van der Waals surface area contributed by atoms with Crippen molar-refractivity contribution in [2.24, 2.45) is 11.1 Å². The number of nitrogens with two attached hydrogens (primary N) is 1. The second-order valence-corrected chi connectivity index (χ2v) is 9.92. The van der Waals surface area contributed by atoms with Gasteiger partial charge in [0.2, 0.25) is 0 Å². The molecular weight excluding hydrogens is 428 g/mol. The van der Waals surface area contributed by atoms with Crippen molar-refractivity contribution in [2.75, 3.05) is 36.0 Å². The highest BCUT2D eigenvalue weighted by atomic mass is 15.3. The highest BCUT2D eigenvalue weighted by Gasteiger charge is 2.30. The van der Waals surface area contributed by atoms with Crippen molar-refractivity contribution in [1.82, 2.24) is 35.3 Å². The Hall–Kier alpha value is -3.53. The third-order valence-corrected chi connectivity index (χ3v) is 7.61. The van der Waals surface area contributed by atoms with Gasteiger partial charge in [-0.3, -0.25) is 10.2 Å². The number of aromatic amines is 2. The summed E-state index contributed by atoms with van der Waals surface area (Å²) < 4.78 is 0. The third-order valence-electron chi connectivity index (χ3n) is 7.61. The molecule has 1 fully saturated rings. The van der Waals surface area contributed by atoms with Crippen LogP contribution in [0.1, 0.15) is 44.6 Å². The summed E-state index contributed by atoms with van der Waals surface area (Å²) in [5, 5.41) is 14.7. The van der Waals surface area contributed by atoms with E-state index in [9.17, 15) is 0 Å². The van der Waals surface area contributed by atoms with Gasteiger partial charge in [-0.05, 0) is 60.9 Å². The number of rotatable bonds is 4. The summed E-state index contributed by atoms with van der Waals surface area (Å²) in [6.45, 7) is 8.03. The minimum absolute atomic E-state index is 0.224. The van der Waals surface area contributed by atoms with Crippen LogP contribution in [0, 0.1) is 5.41 Å². The second kappa shape index (κ2) is 8.05. The van der Waals surface area contributed by atoms with Gasteiger partial charge in [0.25, 0.3) is 0 Å². The van der Waals surface area contributed by atoms with E-state index in [2.05, 4.69) is 67.2 Å². The van der Waals surface area contributed by atoms with E-state index >= 15 is 0 Å². The Bertz CT molecular complexity index is 1300. The van der Waals surface area contributed by atoms with Gasteiger partial charge in [-0.15, -0.1) is 0 Å². The van der Waals surface area contributed by atoms with Crippen molar-refractivity contribution in [3.05, 3.63) is 36.3 Å². The number of benzene rings is 1. The van der Waals surface area contributed by atoms with Crippen molar-refractivity contribution in [2.45, 2.75) is 39.0 Å². The highest BCUT2D eigenvalue weighted by molar-refractivity contribution is 5.88. The zero-order valence-corrected chi connectivity index (χ0v) is 19.6. The zero-order chi connectivity index (χ0) is 23.3. The molecule has 10 heteroatoms. The Morgan fingerprint density at radius 2 is 2.00 bits per heavy atom. The summed E-state index contributed by atoms with van der Waals surface area (Å²) >= 11 is 0. The number of nitrogens with zero attached hydrogens (tertiary/aromatic N) is 7. The van der Waals surface area contributed by atoms with E-state index < -0.39 is 0 Å². The van der Waals surface area contributed by atoms with Crippen LogP contribution in [0.3, 0.4) is 0 Å². The maximum atomic E-state index is 5.97. The van der Waals surface area contributed by atoms with Crippen molar-refractivity contribution < 1.29 is 0 Å². The fourth-order valence-electron chi connectivity index (χ4n) is 5.11. The molecule has 1 atom stereocenters. The van der Waals surface area contributed by atoms with Crippen LogP contribution in [0.2, 0.25) is 0 Å². The van der Waals surface area contributed by atoms with Crippen LogP contribution < -0.4 is 15.5 Å². The summed E-state index contributed by atoms with van der Waals surface area (Å²) in [4.78, 5) is 18.5. The molecule has 0 amide bonds. The predicted molar refractivity (Wildman–Crippen MR) is 132 cm³/mol. The van der Waals surface area contributed by atoms with Gasteiger partial charge < -0.3 is 15.5 Å². The molecule has 6 rings (SSSR count). The Balaban J connectivity index is 1.31. The molecule has 4 aromatic rings. The number of hydrogen-bond donors (Lipinski definition) is 3. The van der Waals surface area contributed by atoms with Crippen LogP contribution in [0.4, 0.5) is 17.3 Å². The number of aromatic nitrogens is 7. The summed E-state index contributed by atoms with van der Waals surface area (Å²) in [5.41, 5.74) is 11.2. The quantitative estimate of drug-likeness (QED) is 0.425. The Labute approximate surface area is 198 Å². The van der Waals surface area contributed by atoms with E-state index in [-0.39, 0.29) is 5.41 Å². The summed E-state index contributed by atoms with van der Waals surface area (Å²) in [5.74, 6) is 2.94. The molecule has 5 heterocycles. The average Bonchev–Trinajstić information content (AvgIpc) is 3.55. The molecule has 4 N–H and O–H groups in total. The van der Waals surface area contributed by atoms with Gasteiger partial charge in [-0.25, -0.2) is 15.0 Å². The molecule has 3 aromatic heterocycles. The predicted octanol–water partition coefficient (Wildman–Crippen LogP) is 3.35. The van der Waals surface area contributed by atoms with E-state index in [1.165, 1.54) is 11.9 Å². The number of anilines is 3. The molecule has 1 unspecified atom stereocenters. The number of hydrogen-bond acceptors (Lipinski definition) is 8. The van der Waals surface area contributed by atoms with Crippen molar-refractivity contribution in [1.29, 1.82) is 0 Å². The number of H-pyrrole nitrogens is 2. The molecular formula is C24H30N10. The van der Waals surface area contributed by atoms with E-state index in [0.29, 0.717) is 5.92 Å². The monoisotopic (exact) mass is 458 g/mol. The molecule has 0 aliphatic carbocycles. The lowest BCUT2D eigenvalue weighted by Crippen LogP contribution is -2.42. The molecule has 0 saturated carbocycles. The molecule has 2 aliphatic rings. The number of fused-ring (bicyclic) bond motifs is 2. The Morgan fingerprint density at radius 3 is 2.76 bits per heavy atom. The van der Waals surface area contributed by atoms with Crippen LogP contribution in [0.15, 0.2) is 30.7 Å². The maximum absolute atomic E-state index is 5.97. The molecule has 10 nitrogen and oxygen atoms in total. The Kier molecular flexibility index (Phi) is 4.98. The van der Waals surface area contributed by atoms with Crippen LogP contribution in [-0.4, -0.2) is 61.5 Å². The molecule has 1 saturated heterocycles. The number of nitrogens with one attached hydrogen (secondary N) is 2. The minimum Gasteiger partial charge on any atom is -0.355 e. The van der Waals surface area contributed by atoms with Gasteiger partial charge in [0, 0.05) is 30.9 Å². The van der Waals surface area contributed by atoms with Gasteiger partial charge in [0.1, 0.15) is 12.1 Å². The largest absolute Gasteiger partial charge is 0.355 e. The van der Waals surface area contributed by atoms with Crippen molar-refractivity contribution in [3.8, 4) is 11.4 Å². The first-order valence-corrected chi connectivity index (χ1v) is 12.0. The van der Waals surface area contributed by atoms with Gasteiger partial charge in [0.05, 0.1) is 6.20 Å². The lowest BCUT2D eigenvalue weighted by atomic mass is 9.80. The van der Waals surface area contributed by atoms with Gasteiger partial charge >= 0.3 is 0 Å². The number of piperidine rings is 1. The van der Waals surface area contributed by atoms with Crippen molar-refractivity contribution >= 4 is 28.5 Å². The van der Waals surface area contributed by atoms with Crippen molar-refractivity contribution in [3.63, 3.8) is 0 Å². The summed E-state index contributed by atoms with van der Waals surface area (Å²) in [6, 6.07) is 6.43. The molecule has 0 radical (unpaired) electrons. The molecule has 34 heavy (non-hydrogen) atoms. The van der Waals surface area contributed by atoms with Crippen LogP contribution in [0.5, 0.6) is 0 Å². The smallest absolute Gasteiger partial charge is 0.183 e. The van der Waals surface area contributed by atoms with Gasteiger partial charge in [-0.2, -0.15) is 10.2 Å². The van der Waals surface area contributed by atoms with Gasteiger partial charge in [0.15, 0.2) is 22.8 Å². The summed E-state index contributed by atoms with van der Waals surface area (Å²) in [6.07, 6.45) is 6.58. The SMILES string of the molecule is CC1CCN(c2n[nH]c3nc(N4CCC(C)(CN)CC4)cnc23)c2ccc(-c3ncn[nH]3)cc21. The first-order valence-electron chi connectivity index (χ1n) is 12.0. The lowest BCUT2D eigenvalue weighted by Gasteiger charge is -2.39. The average molecular weight is 459 g/mol. The molecule has 1 aromatic carbocycles. The maximum Gasteiger partial charge on any atom is 0.183 e.